The van der Waals surface area contributed by atoms with Gasteiger partial charge in [-0.15, -0.1) is 0 Å². The van der Waals surface area contributed by atoms with Gasteiger partial charge in [-0.05, 0) is 32.0 Å². The summed E-state index contributed by atoms with van der Waals surface area (Å²) in [6.45, 7) is 2.81. The summed E-state index contributed by atoms with van der Waals surface area (Å²) in [5.74, 6) is 0.242. The predicted octanol–water partition coefficient (Wildman–Crippen LogP) is 0.975. The molecule has 0 aromatic heterocycles. The molecular formula is C11H18N4. The highest BCUT2D eigenvalue weighted by molar-refractivity contribution is 5.68. The number of piperidine rings is 1. The van der Waals surface area contributed by atoms with E-state index in [2.05, 4.69) is 16.3 Å². The van der Waals surface area contributed by atoms with E-state index in [-0.39, 0.29) is 5.92 Å². The van der Waals surface area contributed by atoms with Crippen LogP contribution < -0.4 is 5.32 Å². The summed E-state index contributed by atoms with van der Waals surface area (Å²) >= 11 is 0. The van der Waals surface area contributed by atoms with Crippen molar-refractivity contribution in [3.05, 3.63) is 11.8 Å². The van der Waals surface area contributed by atoms with E-state index in [1.54, 1.807) is 6.08 Å². The smallest absolute Gasteiger partial charge is 0.0656 e. The fourth-order valence-electron chi connectivity index (χ4n) is 1.78. The molecule has 1 aliphatic heterocycles. The first kappa shape index (κ1) is 11.7. The zero-order valence-corrected chi connectivity index (χ0v) is 9.16. The SMILES string of the molecule is CN/C(=C\C=N)CN1CCC(C#N)CC1. The molecule has 1 saturated heterocycles. The first-order chi connectivity index (χ1) is 7.30. The number of hydrogen-bond acceptors (Lipinski definition) is 4. The van der Waals surface area contributed by atoms with Crippen LogP contribution in [0.1, 0.15) is 12.8 Å². The third-order valence-corrected chi connectivity index (χ3v) is 2.77. The number of allylic oxidation sites excluding steroid dienone is 1. The monoisotopic (exact) mass is 206 g/mol. The summed E-state index contributed by atoms with van der Waals surface area (Å²) in [4.78, 5) is 2.32. The molecule has 2 N–H and O–H groups in total. The summed E-state index contributed by atoms with van der Waals surface area (Å²) < 4.78 is 0. The van der Waals surface area contributed by atoms with Gasteiger partial charge in [0.1, 0.15) is 0 Å². The minimum absolute atomic E-state index is 0.242. The highest BCUT2D eigenvalue weighted by atomic mass is 15.1. The molecule has 0 aromatic carbocycles. The van der Waals surface area contributed by atoms with Crippen LogP contribution in [0, 0.1) is 22.7 Å². The first-order valence-electron chi connectivity index (χ1n) is 5.29. The summed E-state index contributed by atoms with van der Waals surface area (Å²) in [5.41, 5.74) is 1.06. The number of nitriles is 1. The molecule has 0 saturated carbocycles. The molecule has 0 aromatic rings. The average Bonchev–Trinajstić information content (AvgIpc) is 2.29. The highest BCUT2D eigenvalue weighted by Crippen LogP contribution is 2.16. The van der Waals surface area contributed by atoms with Gasteiger partial charge in [0.25, 0.3) is 0 Å². The Labute approximate surface area is 91.1 Å². The molecule has 0 radical (unpaired) electrons. The lowest BCUT2D eigenvalue weighted by Gasteiger charge is -2.29. The Balaban J connectivity index is 2.38. The second-order valence-corrected chi connectivity index (χ2v) is 3.79. The predicted molar refractivity (Wildman–Crippen MR) is 60.7 cm³/mol. The van der Waals surface area contributed by atoms with E-state index in [1.165, 1.54) is 6.21 Å². The van der Waals surface area contributed by atoms with Crippen molar-refractivity contribution in [3.8, 4) is 6.07 Å². The third kappa shape index (κ3) is 3.72. The lowest BCUT2D eigenvalue weighted by Crippen LogP contribution is -2.36. The standard InChI is InChI=1S/C11H18N4/c1-14-11(2-5-12)9-15-6-3-10(8-13)4-7-15/h2,5,10,12,14H,3-4,6-7,9H2,1H3/b11-2-,12-5?. The van der Waals surface area contributed by atoms with Gasteiger partial charge in [0.15, 0.2) is 0 Å². The molecule has 4 heteroatoms. The van der Waals surface area contributed by atoms with Crippen molar-refractivity contribution in [3.63, 3.8) is 0 Å². The van der Waals surface area contributed by atoms with Crippen LogP contribution in [0.25, 0.3) is 0 Å². The molecule has 1 heterocycles. The van der Waals surface area contributed by atoms with Crippen molar-refractivity contribution in [2.24, 2.45) is 5.92 Å². The average molecular weight is 206 g/mol. The number of likely N-dealkylation sites (N-methyl/N-ethyl adjacent to an activating group) is 1. The van der Waals surface area contributed by atoms with E-state index < -0.39 is 0 Å². The number of hydrogen-bond donors (Lipinski definition) is 2. The summed E-state index contributed by atoms with van der Waals surface area (Å²) in [6, 6.07) is 2.32. The second kappa shape index (κ2) is 6.20. The van der Waals surface area contributed by atoms with E-state index >= 15 is 0 Å². The fraction of sp³-hybridized carbons (Fsp3) is 0.636. The molecule has 15 heavy (non-hydrogen) atoms. The van der Waals surface area contributed by atoms with Crippen molar-refractivity contribution in [2.75, 3.05) is 26.7 Å². The second-order valence-electron chi connectivity index (χ2n) is 3.79. The molecule has 0 aliphatic carbocycles. The molecule has 4 nitrogen and oxygen atoms in total. The van der Waals surface area contributed by atoms with Crippen LogP contribution in [0.5, 0.6) is 0 Å². The number of rotatable bonds is 4. The summed E-state index contributed by atoms with van der Waals surface area (Å²) in [6.07, 6.45) is 5.01. The van der Waals surface area contributed by atoms with Crippen LogP contribution in [-0.4, -0.2) is 37.8 Å². The van der Waals surface area contributed by atoms with Crippen molar-refractivity contribution in [1.82, 2.24) is 10.2 Å². The van der Waals surface area contributed by atoms with Crippen molar-refractivity contribution in [1.29, 1.82) is 10.7 Å². The number of nitrogens with zero attached hydrogens (tertiary/aromatic N) is 2. The molecule has 0 amide bonds. The Bertz CT molecular complexity index is 269. The van der Waals surface area contributed by atoms with Gasteiger partial charge in [-0.1, -0.05) is 0 Å². The first-order valence-corrected chi connectivity index (χ1v) is 5.29. The maximum absolute atomic E-state index is 8.77. The summed E-state index contributed by atoms with van der Waals surface area (Å²) in [5, 5.41) is 18.9. The molecular weight excluding hydrogens is 188 g/mol. The fourth-order valence-corrected chi connectivity index (χ4v) is 1.78. The van der Waals surface area contributed by atoms with Crippen molar-refractivity contribution < 1.29 is 0 Å². The van der Waals surface area contributed by atoms with E-state index in [9.17, 15) is 0 Å². The van der Waals surface area contributed by atoms with Crippen LogP contribution >= 0.6 is 0 Å². The minimum atomic E-state index is 0.242. The highest BCUT2D eigenvalue weighted by Gasteiger charge is 2.18. The van der Waals surface area contributed by atoms with Crippen LogP contribution in [0.4, 0.5) is 0 Å². The molecule has 82 valence electrons. The Hall–Kier alpha value is -1.34. The topological polar surface area (TPSA) is 62.9 Å². The Morgan fingerprint density at radius 1 is 1.60 bits per heavy atom. The molecule has 0 atom stereocenters. The Morgan fingerprint density at radius 3 is 2.73 bits per heavy atom. The van der Waals surface area contributed by atoms with Crippen LogP contribution in [0.3, 0.4) is 0 Å². The number of likely N-dealkylation sites (tertiary alicyclic amines) is 1. The van der Waals surface area contributed by atoms with Gasteiger partial charge in [0.2, 0.25) is 0 Å². The van der Waals surface area contributed by atoms with E-state index in [0.29, 0.717) is 0 Å². The van der Waals surface area contributed by atoms with Gasteiger partial charge in [0.05, 0.1) is 6.07 Å². The van der Waals surface area contributed by atoms with Crippen molar-refractivity contribution >= 4 is 6.21 Å². The molecule has 1 aliphatic rings. The van der Waals surface area contributed by atoms with Gasteiger partial charge >= 0.3 is 0 Å². The molecule has 0 spiro atoms. The molecule has 1 rings (SSSR count). The summed E-state index contributed by atoms with van der Waals surface area (Å²) in [7, 11) is 1.87. The largest absolute Gasteiger partial charge is 0.390 e. The van der Waals surface area contributed by atoms with Gasteiger partial charge in [0, 0.05) is 31.4 Å². The van der Waals surface area contributed by atoms with E-state index in [0.717, 1.165) is 38.2 Å². The van der Waals surface area contributed by atoms with Gasteiger partial charge in [-0.25, -0.2) is 0 Å². The van der Waals surface area contributed by atoms with Gasteiger partial charge in [-0.3, -0.25) is 4.90 Å². The van der Waals surface area contributed by atoms with Gasteiger partial charge in [-0.2, -0.15) is 5.26 Å². The molecule has 0 unspecified atom stereocenters. The van der Waals surface area contributed by atoms with Crippen LogP contribution in [-0.2, 0) is 0 Å². The zero-order chi connectivity index (χ0) is 11.1. The van der Waals surface area contributed by atoms with Crippen LogP contribution in [0.2, 0.25) is 0 Å². The zero-order valence-electron chi connectivity index (χ0n) is 9.16. The minimum Gasteiger partial charge on any atom is -0.390 e. The maximum Gasteiger partial charge on any atom is 0.0656 e. The maximum atomic E-state index is 8.77. The van der Waals surface area contributed by atoms with E-state index in [4.69, 9.17) is 10.7 Å². The number of nitrogens with one attached hydrogen (secondary N) is 2. The lowest BCUT2D eigenvalue weighted by molar-refractivity contribution is 0.218. The molecule has 0 bridgehead atoms. The van der Waals surface area contributed by atoms with E-state index in [1.807, 2.05) is 7.05 Å². The van der Waals surface area contributed by atoms with Gasteiger partial charge < -0.3 is 10.7 Å². The Morgan fingerprint density at radius 2 is 2.27 bits per heavy atom. The van der Waals surface area contributed by atoms with Crippen molar-refractivity contribution in [2.45, 2.75) is 12.8 Å². The lowest BCUT2D eigenvalue weighted by atomic mass is 9.98. The normalized spacial score (nSPS) is 19.6. The van der Waals surface area contributed by atoms with Crippen LogP contribution in [0.15, 0.2) is 11.8 Å². The quantitative estimate of drug-likeness (QED) is 0.674. The molecule has 1 fully saturated rings. The third-order valence-electron chi connectivity index (χ3n) is 2.77. The Kier molecular flexibility index (Phi) is 4.85.